The lowest BCUT2D eigenvalue weighted by atomic mass is 10.0. The maximum atomic E-state index is 13.3. The highest BCUT2D eigenvalue weighted by Crippen LogP contribution is 2.28. The van der Waals surface area contributed by atoms with E-state index in [2.05, 4.69) is 0 Å². The molecule has 3 heteroatoms. The number of hydrogen-bond donors (Lipinski definition) is 0. The zero-order valence-electron chi connectivity index (χ0n) is 17.4. The van der Waals surface area contributed by atoms with Gasteiger partial charge in [-0.1, -0.05) is 71.8 Å². The molecule has 0 saturated heterocycles. The third-order valence-electron chi connectivity index (χ3n) is 5.46. The van der Waals surface area contributed by atoms with Crippen LogP contribution in [0.3, 0.4) is 0 Å². The van der Waals surface area contributed by atoms with E-state index in [9.17, 15) is 4.79 Å². The van der Waals surface area contributed by atoms with Crippen molar-refractivity contribution in [2.24, 2.45) is 0 Å². The number of rotatable bonds is 3. The summed E-state index contributed by atoms with van der Waals surface area (Å²) in [4.78, 5) is 18.1. The standard InChI is InChI=1S/C28H21NO2/c1-18-7-10-21(11-8-18)27-17-25(24-15-19(2)9-14-26(24)29-27)28(30)31-23-13-12-20-5-3-4-6-22(20)16-23/h3-17H,1-2H3. The van der Waals surface area contributed by atoms with Gasteiger partial charge in [0.2, 0.25) is 0 Å². The number of pyridine rings is 1. The number of nitrogens with zero attached hydrogens (tertiary/aromatic N) is 1. The van der Waals surface area contributed by atoms with Crippen LogP contribution >= 0.6 is 0 Å². The molecule has 0 atom stereocenters. The van der Waals surface area contributed by atoms with E-state index >= 15 is 0 Å². The Morgan fingerprint density at radius 1 is 0.742 bits per heavy atom. The number of carbonyl (C=O) groups is 1. The molecule has 1 aromatic heterocycles. The zero-order chi connectivity index (χ0) is 21.4. The molecule has 0 aliphatic carbocycles. The fourth-order valence-corrected chi connectivity index (χ4v) is 3.77. The van der Waals surface area contributed by atoms with Crippen LogP contribution in [0.1, 0.15) is 21.5 Å². The molecule has 0 bridgehead atoms. The number of aromatic nitrogens is 1. The summed E-state index contributed by atoms with van der Waals surface area (Å²) in [6.45, 7) is 4.05. The van der Waals surface area contributed by atoms with E-state index in [0.717, 1.165) is 38.5 Å². The second-order valence-electron chi connectivity index (χ2n) is 7.84. The molecule has 31 heavy (non-hydrogen) atoms. The van der Waals surface area contributed by atoms with E-state index in [1.807, 2.05) is 105 Å². The second kappa shape index (κ2) is 7.69. The number of fused-ring (bicyclic) bond motifs is 2. The first-order chi connectivity index (χ1) is 15.1. The van der Waals surface area contributed by atoms with Gasteiger partial charge in [0.05, 0.1) is 16.8 Å². The summed E-state index contributed by atoms with van der Waals surface area (Å²) in [6, 6.07) is 29.6. The monoisotopic (exact) mass is 403 g/mol. The van der Waals surface area contributed by atoms with Gasteiger partial charge in [-0.2, -0.15) is 0 Å². The van der Waals surface area contributed by atoms with Gasteiger partial charge in [0.1, 0.15) is 5.75 Å². The molecule has 0 radical (unpaired) electrons. The van der Waals surface area contributed by atoms with Crippen molar-refractivity contribution < 1.29 is 9.53 Å². The molecule has 1 heterocycles. The van der Waals surface area contributed by atoms with E-state index in [0.29, 0.717) is 11.3 Å². The number of ether oxygens (including phenoxy) is 1. The normalized spacial score (nSPS) is 11.0. The number of carbonyl (C=O) groups excluding carboxylic acids is 1. The zero-order valence-corrected chi connectivity index (χ0v) is 17.4. The van der Waals surface area contributed by atoms with Crippen LogP contribution in [0.4, 0.5) is 0 Å². The lowest BCUT2D eigenvalue weighted by molar-refractivity contribution is 0.0737. The molecular formula is C28H21NO2. The Kier molecular flexibility index (Phi) is 4.72. The summed E-state index contributed by atoms with van der Waals surface area (Å²) in [5, 5.41) is 2.93. The lowest BCUT2D eigenvalue weighted by Gasteiger charge is -2.11. The third-order valence-corrected chi connectivity index (χ3v) is 5.46. The van der Waals surface area contributed by atoms with Gasteiger partial charge in [0, 0.05) is 10.9 Å². The Morgan fingerprint density at radius 2 is 1.48 bits per heavy atom. The molecular weight excluding hydrogens is 382 g/mol. The predicted octanol–water partition coefficient (Wildman–Crippen LogP) is 6.89. The summed E-state index contributed by atoms with van der Waals surface area (Å²) in [6.07, 6.45) is 0. The molecule has 4 aromatic carbocycles. The number of esters is 1. The Balaban J connectivity index is 1.59. The topological polar surface area (TPSA) is 39.2 Å². The van der Waals surface area contributed by atoms with E-state index in [1.54, 1.807) is 0 Å². The van der Waals surface area contributed by atoms with Crippen LogP contribution in [0, 0.1) is 13.8 Å². The van der Waals surface area contributed by atoms with Crippen LogP contribution in [0.5, 0.6) is 5.75 Å². The van der Waals surface area contributed by atoms with Crippen molar-refractivity contribution in [1.29, 1.82) is 0 Å². The van der Waals surface area contributed by atoms with Crippen molar-refractivity contribution in [3.63, 3.8) is 0 Å². The summed E-state index contributed by atoms with van der Waals surface area (Å²) in [5.74, 6) is 0.139. The smallest absolute Gasteiger partial charge is 0.344 e. The van der Waals surface area contributed by atoms with Crippen molar-refractivity contribution in [2.75, 3.05) is 0 Å². The minimum absolute atomic E-state index is 0.387. The molecule has 0 fully saturated rings. The van der Waals surface area contributed by atoms with Crippen molar-refractivity contribution in [3.05, 3.63) is 108 Å². The number of benzene rings is 4. The molecule has 0 N–H and O–H groups in total. The fourth-order valence-electron chi connectivity index (χ4n) is 3.77. The second-order valence-corrected chi connectivity index (χ2v) is 7.84. The maximum absolute atomic E-state index is 13.3. The van der Waals surface area contributed by atoms with Crippen molar-refractivity contribution in [2.45, 2.75) is 13.8 Å². The van der Waals surface area contributed by atoms with Crippen LogP contribution in [0.25, 0.3) is 32.9 Å². The van der Waals surface area contributed by atoms with E-state index in [1.165, 1.54) is 5.56 Å². The highest BCUT2D eigenvalue weighted by molar-refractivity contribution is 6.05. The fraction of sp³-hybridized carbons (Fsp3) is 0.0714. The van der Waals surface area contributed by atoms with E-state index < -0.39 is 0 Å². The number of aryl methyl sites for hydroxylation is 2. The van der Waals surface area contributed by atoms with Gasteiger partial charge in [0.25, 0.3) is 0 Å². The third kappa shape index (κ3) is 3.78. The van der Waals surface area contributed by atoms with Gasteiger partial charge < -0.3 is 4.74 Å². The lowest BCUT2D eigenvalue weighted by Crippen LogP contribution is -2.10. The van der Waals surface area contributed by atoms with Crippen LogP contribution in [0.15, 0.2) is 91.0 Å². The highest BCUT2D eigenvalue weighted by atomic mass is 16.5. The number of hydrogen-bond acceptors (Lipinski definition) is 3. The van der Waals surface area contributed by atoms with E-state index in [4.69, 9.17) is 9.72 Å². The first-order valence-corrected chi connectivity index (χ1v) is 10.3. The minimum Gasteiger partial charge on any atom is -0.423 e. The van der Waals surface area contributed by atoms with Crippen molar-refractivity contribution in [1.82, 2.24) is 4.98 Å². The molecule has 5 aromatic rings. The minimum atomic E-state index is -0.387. The molecule has 0 unspecified atom stereocenters. The van der Waals surface area contributed by atoms with Crippen LogP contribution in [0.2, 0.25) is 0 Å². The summed E-state index contributed by atoms with van der Waals surface area (Å²) >= 11 is 0. The molecule has 5 rings (SSSR count). The first-order valence-electron chi connectivity index (χ1n) is 10.3. The van der Waals surface area contributed by atoms with Gasteiger partial charge in [-0.3, -0.25) is 0 Å². The van der Waals surface area contributed by atoms with Crippen LogP contribution in [-0.2, 0) is 0 Å². The molecule has 3 nitrogen and oxygen atoms in total. The largest absolute Gasteiger partial charge is 0.423 e. The molecule has 0 aliphatic heterocycles. The highest BCUT2D eigenvalue weighted by Gasteiger charge is 2.17. The molecule has 150 valence electrons. The van der Waals surface area contributed by atoms with Gasteiger partial charge in [-0.15, -0.1) is 0 Å². The average Bonchev–Trinajstić information content (AvgIpc) is 2.79. The van der Waals surface area contributed by atoms with Gasteiger partial charge in [-0.25, -0.2) is 9.78 Å². The first kappa shape index (κ1) is 19.0. The Bertz CT molecular complexity index is 1440. The van der Waals surface area contributed by atoms with E-state index in [-0.39, 0.29) is 5.97 Å². The summed E-state index contributed by atoms with van der Waals surface area (Å²) < 4.78 is 5.80. The van der Waals surface area contributed by atoms with Crippen molar-refractivity contribution in [3.8, 4) is 17.0 Å². The predicted molar refractivity (Wildman–Crippen MR) is 126 cm³/mol. The van der Waals surface area contributed by atoms with Crippen molar-refractivity contribution >= 4 is 27.6 Å². The Labute approximate surface area is 180 Å². The van der Waals surface area contributed by atoms with Crippen LogP contribution in [-0.4, -0.2) is 11.0 Å². The SMILES string of the molecule is Cc1ccc(-c2cc(C(=O)Oc3ccc4ccccc4c3)c3cc(C)ccc3n2)cc1. The molecule has 0 spiro atoms. The molecule has 0 saturated carbocycles. The Morgan fingerprint density at radius 3 is 2.29 bits per heavy atom. The molecule has 0 amide bonds. The van der Waals surface area contributed by atoms with Crippen LogP contribution < -0.4 is 4.74 Å². The van der Waals surface area contributed by atoms with Gasteiger partial charge >= 0.3 is 5.97 Å². The summed E-state index contributed by atoms with van der Waals surface area (Å²) in [5.41, 5.74) is 5.24. The van der Waals surface area contributed by atoms with Gasteiger partial charge in [0.15, 0.2) is 0 Å². The van der Waals surface area contributed by atoms with Gasteiger partial charge in [-0.05, 0) is 55.0 Å². The quantitative estimate of drug-likeness (QED) is 0.243. The maximum Gasteiger partial charge on any atom is 0.344 e. The summed E-state index contributed by atoms with van der Waals surface area (Å²) in [7, 11) is 0. The molecule has 0 aliphatic rings. The average molecular weight is 403 g/mol. The Hall–Kier alpha value is -3.98.